The summed E-state index contributed by atoms with van der Waals surface area (Å²) in [5.74, 6) is -3.03. The predicted octanol–water partition coefficient (Wildman–Crippen LogP) is 1.64. The molecule has 0 atom stereocenters. The largest absolute Gasteiger partial charge is 0.481 e. The zero-order valence-electron chi connectivity index (χ0n) is 10.3. The first-order valence-electron chi connectivity index (χ1n) is 4.19. The second kappa shape index (κ2) is 29.6. The van der Waals surface area contributed by atoms with Crippen LogP contribution in [0.4, 0.5) is 0 Å². The van der Waals surface area contributed by atoms with Crippen molar-refractivity contribution in [1.82, 2.24) is 0 Å². The molecule has 8 nitrogen and oxygen atoms in total. The standard InChI is InChI=1S/4C2H3IO2.Sn/c4*3-1-2(4)5;/h4*1H2,(H,4,5);. The fourth-order valence-electron chi connectivity index (χ4n) is 0. The molecule has 0 aromatic carbocycles. The zero-order chi connectivity index (χ0) is 17.1. The number of hydrogen-bond donors (Lipinski definition) is 4. The van der Waals surface area contributed by atoms with Crippen LogP contribution in [-0.2, 0) is 19.2 Å². The van der Waals surface area contributed by atoms with Gasteiger partial charge in [-0.3, -0.25) is 19.2 Å². The second-order valence-corrected chi connectivity index (χ2v) is 5.16. The van der Waals surface area contributed by atoms with Crippen molar-refractivity contribution >= 4 is 138 Å². The molecule has 0 bridgehead atoms. The molecule has 4 N–H and O–H groups in total. The van der Waals surface area contributed by atoms with Crippen molar-refractivity contribution in [3.8, 4) is 0 Å². The van der Waals surface area contributed by atoms with Crippen LogP contribution in [-0.4, -0.2) is 85.9 Å². The fraction of sp³-hybridized carbons (Fsp3) is 0.500. The summed E-state index contributed by atoms with van der Waals surface area (Å²) in [6, 6.07) is 0. The molecule has 0 unspecified atom stereocenters. The number of alkyl halides is 4. The molecular weight excluding hydrogens is 850 g/mol. The number of halogens is 4. The normalized spacial score (nSPS) is 7.05. The molecule has 124 valence electrons. The maximum Gasteiger partial charge on any atom is 0.313 e. The van der Waals surface area contributed by atoms with Crippen LogP contribution in [0.25, 0.3) is 0 Å². The van der Waals surface area contributed by atoms with E-state index in [9.17, 15) is 19.2 Å². The predicted molar refractivity (Wildman–Crippen MR) is 112 cm³/mol. The van der Waals surface area contributed by atoms with Gasteiger partial charge in [0.05, 0.1) is 17.7 Å². The van der Waals surface area contributed by atoms with Crippen LogP contribution in [0, 0.1) is 0 Å². The molecule has 21 heavy (non-hydrogen) atoms. The summed E-state index contributed by atoms with van der Waals surface area (Å²) in [6.07, 6.45) is 0. The van der Waals surface area contributed by atoms with Gasteiger partial charge < -0.3 is 20.4 Å². The molecule has 0 rings (SSSR count). The minimum atomic E-state index is -0.759. The van der Waals surface area contributed by atoms with Crippen molar-refractivity contribution in [2.45, 2.75) is 0 Å². The zero-order valence-corrected chi connectivity index (χ0v) is 21.7. The smallest absolute Gasteiger partial charge is 0.313 e. The molecular formula is C8H12I4O8Sn. The third kappa shape index (κ3) is 90.0. The Morgan fingerprint density at radius 2 is 0.571 bits per heavy atom. The van der Waals surface area contributed by atoms with Gasteiger partial charge in [-0.05, 0) is 0 Å². The van der Waals surface area contributed by atoms with E-state index in [-0.39, 0.29) is 41.6 Å². The Hall–Kier alpha value is 1.60. The minimum absolute atomic E-state index is 0. The van der Waals surface area contributed by atoms with Gasteiger partial charge in [0, 0.05) is 23.9 Å². The van der Waals surface area contributed by atoms with E-state index in [0.29, 0.717) is 0 Å². The average molecular weight is 863 g/mol. The van der Waals surface area contributed by atoms with Gasteiger partial charge in [-0.1, -0.05) is 90.4 Å². The minimum Gasteiger partial charge on any atom is -0.481 e. The summed E-state index contributed by atoms with van der Waals surface area (Å²) in [4.78, 5) is 37.4. The van der Waals surface area contributed by atoms with Gasteiger partial charge in [0.15, 0.2) is 0 Å². The van der Waals surface area contributed by atoms with Gasteiger partial charge >= 0.3 is 23.9 Å². The molecule has 0 spiro atoms. The van der Waals surface area contributed by atoms with Crippen LogP contribution in [0.1, 0.15) is 0 Å². The number of aliphatic carboxylic acids is 4. The molecule has 0 aliphatic heterocycles. The van der Waals surface area contributed by atoms with E-state index in [0.717, 1.165) is 0 Å². The Morgan fingerprint density at radius 3 is 0.571 bits per heavy atom. The summed E-state index contributed by atoms with van der Waals surface area (Å²) in [5, 5.41) is 30.9. The molecule has 13 heteroatoms. The number of carbonyl (C=O) groups is 4. The van der Waals surface area contributed by atoms with Crippen LogP contribution in [0.3, 0.4) is 0 Å². The van der Waals surface area contributed by atoms with Gasteiger partial charge in [-0.25, -0.2) is 0 Å². The Kier molecular flexibility index (Phi) is 48.0. The first-order valence-corrected chi connectivity index (χ1v) is 10.3. The second-order valence-electron chi connectivity index (χ2n) is 2.11. The van der Waals surface area contributed by atoms with E-state index in [1.54, 1.807) is 90.4 Å². The summed E-state index contributed by atoms with van der Waals surface area (Å²) in [7, 11) is 0. The molecule has 0 saturated heterocycles. The van der Waals surface area contributed by atoms with Crippen LogP contribution >= 0.6 is 90.4 Å². The van der Waals surface area contributed by atoms with Gasteiger partial charge in [0.2, 0.25) is 0 Å². The Balaban J connectivity index is -0.0000000533. The van der Waals surface area contributed by atoms with E-state index in [4.69, 9.17) is 20.4 Å². The summed E-state index contributed by atoms with van der Waals surface area (Å²) in [6.45, 7) is 0. The molecule has 0 aliphatic carbocycles. The first-order chi connectivity index (χ1) is 9.08. The third-order valence-electron chi connectivity index (χ3n) is 0.457. The number of rotatable bonds is 4. The van der Waals surface area contributed by atoms with Gasteiger partial charge in [-0.2, -0.15) is 0 Å². The Labute approximate surface area is 192 Å². The molecule has 0 fully saturated rings. The molecule has 0 saturated carbocycles. The fourth-order valence-corrected chi connectivity index (χ4v) is 0. The maximum absolute atomic E-state index is 9.36. The van der Waals surface area contributed by atoms with Crippen LogP contribution in [0.2, 0.25) is 0 Å². The molecule has 4 radical (unpaired) electrons. The maximum atomic E-state index is 9.36. The Bertz CT molecular complexity index is 233. The molecule has 0 aromatic rings. The molecule has 0 aromatic heterocycles. The molecule has 0 amide bonds. The Morgan fingerprint density at radius 1 is 0.524 bits per heavy atom. The summed E-state index contributed by atoms with van der Waals surface area (Å²) in [5.41, 5.74) is 0. The number of carboxylic acids is 4. The van der Waals surface area contributed by atoms with Crippen LogP contribution in [0.15, 0.2) is 0 Å². The van der Waals surface area contributed by atoms with Crippen molar-refractivity contribution in [2.24, 2.45) is 0 Å². The van der Waals surface area contributed by atoms with Gasteiger partial charge in [0.1, 0.15) is 0 Å². The molecule has 0 heterocycles. The van der Waals surface area contributed by atoms with Crippen molar-refractivity contribution in [2.75, 3.05) is 17.7 Å². The van der Waals surface area contributed by atoms with Crippen molar-refractivity contribution in [3.05, 3.63) is 0 Å². The van der Waals surface area contributed by atoms with E-state index in [1.807, 2.05) is 0 Å². The van der Waals surface area contributed by atoms with E-state index in [2.05, 4.69) is 0 Å². The number of hydrogen-bond acceptors (Lipinski definition) is 4. The SMILES string of the molecule is O=C(O)CI.O=C(O)CI.O=C(O)CI.O=C(O)CI.[Sn]. The van der Waals surface area contributed by atoms with E-state index < -0.39 is 23.9 Å². The van der Waals surface area contributed by atoms with E-state index >= 15 is 0 Å². The van der Waals surface area contributed by atoms with Gasteiger partial charge in [0.25, 0.3) is 0 Å². The average Bonchev–Trinajstić information content (AvgIpc) is 2.40. The van der Waals surface area contributed by atoms with E-state index in [1.165, 1.54) is 0 Å². The first kappa shape index (κ1) is 34.0. The topological polar surface area (TPSA) is 149 Å². The number of carboxylic acid groups (broad SMARTS) is 4. The third-order valence-corrected chi connectivity index (χ3v) is 3.07. The summed E-state index contributed by atoms with van der Waals surface area (Å²) >= 11 is 7.11. The van der Waals surface area contributed by atoms with Crippen molar-refractivity contribution < 1.29 is 39.6 Å². The van der Waals surface area contributed by atoms with Crippen molar-refractivity contribution in [3.63, 3.8) is 0 Å². The van der Waals surface area contributed by atoms with Crippen LogP contribution in [0.5, 0.6) is 0 Å². The van der Waals surface area contributed by atoms with Crippen molar-refractivity contribution in [1.29, 1.82) is 0 Å². The van der Waals surface area contributed by atoms with Gasteiger partial charge in [-0.15, -0.1) is 0 Å². The quantitative estimate of drug-likeness (QED) is 0.190. The molecule has 0 aliphatic rings. The monoisotopic (exact) mass is 864 g/mol. The summed E-state index contributed by atoms with van der Waals surface area (Å²) < 4.78 is 0.769. The van der Waals surface area contributed by atoms with Crippen LogP contribution < -0.4 is 0 Å².